The van der Waals surface area contributed by atoms with Crippen LogP contribution >= 0.6 is 11.3 Å². The van der Waals surface area contributed by atoms with E-state index in [1.807, 2.05) is 29.2 Å². The van der Waals surface area contributed by atoms with Crippen LogP contribution in [0, 0.1) is 12.7 Å². The third kappa shape index (κ3) is 4.57. The van der Waals surface area contributed by atoms with Crippen LogP contribution in [-0.2, 0) is 17.9 Å². The average Bonchev–Trinajstić information content (AvgIpc) is 3.32. The SMILES string of the molecule is Cc1nc(-c2ccc(F)cc2)sc1C(=O)NCc1cccc(CN2CCCC2=O)c1. The fraction of sp³-hybridized carbons (Fsp3) is 0.261. The molecule has 1 fully saturated rings. The van der Waals surface area contributed by atoms with Crippen LogP contribution in [0.5, 0.6) is 0 Å². The van der Waals surface area contributed by atoms with Gasteiger partial charge < -0.3 is 10.2 Å². The van der Waals surface area contributed by atoms with Gasteiger partial charge in [0.25, 0.3) is 5.91 Å². The molecule has 154 valence electrons. The molecule has 4 rings (SSSR count). The predicted octanol–water partition coefficient (Wildman–Crippen LogP) is 4.31. The molecule has 1 aromatic heterocycles. The second-order valence-corrected chi connectivity index (χ2v) is 8.36. The van der Waals surface area contributed by atoms with E-state index in [0.717, 1.165) is 29.7 Å². The van der Waals surface area contributed by atoms with Crippen molar-refractivity contribution in [2.24, 2.45) is 0 Å². The van der Waals surface area contributed by atoms with Crippen molar-refractivity contribution in [1.29, 1.82) is 0 Å². The average molecular weight is 424 g/mol. The summed E-state index contributed by atoms with van der Waals surface area (Å²) in [5, 5.41) is 3.64. The van der Waals surface area contributed by atoms with Gasteiger partial charge >= 0.3 is 0 Å². The molecule has 2 aromatic carbocycles. The number of hydrogen-bond acceptors (Lipinski definition) is 4. The predicted molar refractivity (Wildman–Crippen MR) is 115 cm³/mol. The number of nitrogens with one attached hydrogen (secondary N) is 1. The van der Waals surface area contributed by atoms with Gasteiger partial charge in [0, 0.05) is 31.6 Å². The number of amides is 2. The first-order chi connectivity index (χ1) is 14.5. The van der Waals surface area contributed by atoms with E-state index in [-0.39, 0.29) is 17.6 Å². The van der Waals surface area contributed by atoms with Crippen LogP contribution in [0.25, 0.3) is 10.6 Å². The summed E-state index contributed by atoms with van der Waals surface area (Å²) in [4.78, 5) is 31.4. The smallest absolute Gasteiger partial charge is 0.263 e. The second kappa shape index (κ2) is 8.75. The van der Waals surface area contributed by atoms with Crippen molar-refractivity contribution in [3.63, 3.8) is 0 Å². The minimum absolute atomic E-state index is 0.182. The molecule has 0 radical (unpaired) electrons. The first-order valence-corrected chi connectivity index (χ1v) is 10.7. The van der Waals surface area contributed by atoms with Crippen LogP contribution < -0.4 is 5.32 Å². The molecule has 1 aliphatic rings. The summed E-state index contributed by atoms with van der Waals surface area (Å²) >= 11 is 1.30. The Kier molecular flexibility index (Phi) is 5.90. The first kappa shape index (κ1) is 20.2. The Balaban J connectivity index is 1.41. The molecule has 0 aliphatic carbocycles. The highest BCUT2D eigenvalue weighted by atomic mass is 32.1. The minimum Gasteiger partial charge on any atom is -0.347 e. The Hall–Kier alpha value is -3.06. The standard InChI is InChI=1S/C23H22FN3O2S/c1-15-21(30-23(26-15)18-7-9-19(24)10-8-18)22(29)25-13-16-4-2-5-17(12-16)14-27-11-3-6-20(27)28/h2,4-5,7-10,12H,3,6,11,13-14H2,1H3,(H,25,29). The third-order valence-corrected chi connectivity index (χ3v) is 6.29. The van der Waals surface area contributed by atoms with E-state index in [9.17, 15) is 14.0 Å². The minimum atomic E-state index is -0.304. The maximum Gasteiger partial charge on any atom is 0.263 e. The molecular weight excluding hydrogens is 401 g/mol. The largest absolute Gasteiger partial charge is 0.347 e. The fourth-order valence-corrected chi connectivity index (χ4v) is 4.50. The zero-order chi connectivity index (χ0) is 21.1. The molecule has 0 unspecified atom stereocenters. The zero-order valence-corrected chi connectivity index (χ0v) is 17.5. The van der Waals surface area contributed by atoms with Gasteiger partial charge in [-0.05, 0) is 48.7 Å². The van der Waals surface area contributed by atoms with Crippen LogP contribution in [0.15, 0.2) is 48.5 Å². The molecule has 0 bridgehead atoms. The van der Waals surface area contributed by atoms with Crippen LogP contribution in [0.1, 0.15) is 39.3 Å². The molecule has 5 nitrogen and oxygen atoms in total. The summed E-state index contributed by atoms with van der Waals surface area (Å²) in [7, 11) is 0. The molecule has 1 saturated heterocycles. The summed E-state index contributed by atoms with van der Waals surface area (Å²) in [6, 6.07) is 14.0. The van der Waals surface area contributed by atoms with Crippen molar-refractivity contribution in [1.82, 2.24) is 15.2 Å². The molecule has 1 N–H and O–H groups in total. The Labute approximate surface area is 178 Å². The van der Waals surface area contributed by atoms with Gasteiger partial charge in [-0.3, -0.25) is 9.59 Å². The fourth-order valence-electron chi connectivity index (χ4n) is 3.52. The first-order valence-electron chi connectivity index (χ1n) is 9.87. The van der Waals surface area contributed by atoms with E-state index in [2.05, 4.69) is 10.3 Å². The van der Waals surface area contributed by atoms with Gasteiger partial charge in [0.1, 0.15) is 15.7 Å². The lowest BCUT2D eigenvalue weighted by Gasteiger charge is -2.16. The number of carbonyl (C=O) groups excluding carboxylic acids is 2. The molecule has 2 heterocycles. The van der Waals surface area contributed by atoms with Crippen LogP contribution in [-0.4, -0.2) is 28.2 Å². The van der Waals surface area contributed by atoms with E-state index in [0.29, 0.717) is 35.1 Å². The topological polar surface area (TPSA) is 62.3 Å². The summed E-state index contributed by atoms with van der Waals surface area (Å²) in [5.74, 6) is -0.286. The van der Waals surface area contributed by atoms with Crippen molar-refractivity contribution in [2.45, 2.75) is 32.9 Å². The molecule has 0 spiro atoms. The number of nitrogens with zero attached hydrogens (tertiary/aromatic N) is 2. The van der Waals surface area contributed by atoms with Gasteiger partial charge in [0.05, 0.1) is 5.69 Å². The lowest BCUT2D eigenvalue weighted by Crippen LogP contribution is -2.24. The van der Waals surface area contributed by atoms with Crippen LogP contribution in [0.2, 0.25) is 0 Å². The molecule has 1 aliphatic heterocycles. The molecule has 7 heteroatoms. The normalized spacial score (nSPS) is 13.7. The molecular formula is C23H22FN3O2S. The highest BCUT2D eigenvalue weighted by Gasteiger charge is 2.20. The number of carbonyl (C=O) groups is 2. The quantitative estimate of drug-likeness (QED) is 0.643. The van der Waals surface area contributed by atoms with Crippen LogP contribution in [0.3, 0.4) is 0 Å². The van der Waals surface area contributed by atoms with Crippen molar-refractivity contribution >= 4 is 23.2 Å². The van der Waals surface area contributed by atoms with Gasteiger partial charge in [-0.2, -0.15) is 0 Å². The van der Waals surface area contributed by atoms with Gasteiger partial charge in [-0.25, -0.2) is 9.37 Å². The number of aryl methyl sites for hydroxylation is 1. The van der Waals surface area contributed by atoms with Crippen molar-refractivity contribution in [3.8, 4) is 10.6 Å². The van der Waals surface area contributed by atoms with Crippen molar-refractivity contribution < 1.29 is 14.0 Å². The van der Waals surface area contributed by atoms with E-state index < -0.39 is 0 Å². The number of thiazole rings is 1. The molecule has 30 heavy (non-hydrogen) atoms. The van der Waals surface area contributed by atoms with E-state index in [1.54, 1.807) is 19.1 Å². The van der Waals surface area contributed by atoms with Gasteiger partial charge in [-0.1, -0.05) is 24.3 Å². The highest BCUT2D eigenvalue weighted by Crippen LogP contribution is 2.28. The number of hydrogen-bond donors (Lipinski definition) is 1. The number of rotatable bonds is 6. The second-order valence-electron chi connectivity index (χ2n) is 7.36. The van der Waals surface area contributed by atoms with Crippen molar-refractivity contribution in [2.75, 3.05) is 6.54 Å². The Morgan fingerprint density at radius 3 is 2.70 bits per heavy atom. The summed E-state index contributed by atoms with van der Waals surface area (Å²) in [5.41, 5.74) is 3.48. The maximum absolute atomic E-state index is 13.1. The lowest BCUT2D eigenvalue weighted by molar-refractivity contribution is -0.128. The van der Waals surface area contributed by atoms with Crippen molar-refractivity contribution in [3.05, 3.63) is 76.0 Å². The highest BCUT2D eigenvalue weighted by molar-refractivity contribution is 7.17. The van der Waals surface area contributed by atoms with Gasteiger partial charge in [0.2, 0.25) is 5.91 Å². The summed E-state index contributed by atoms with van der Waals surface area (Å²) < 4.78 is 13.1. The van der Waals surface area contributed by atoms with E-state index in [1.165, 1.54) is 23.5 Å². The number of halogens is 1. The number of aromatic nitrogens is 1. The molecule has 0 saturated carbocycles. The molecule has 2 amide bonds. The monoisotopic (exact) mass is 423 g/mol. The van der Waals surface area contributed by atoms with E-state index >= 15 is 0 Å². The van der Waals surface area contributed by atoms with Gasteiger partial charge in [-0.15, -0.1) is 11.3 Å². The Morgan fingerprint density at radius 1 is 1.20 bits per heavy atom. The van der Waals surface area contributed by atoms with E-state index in [4.69, 9.17) is 0 Å². The maximum atomic E-state index is 13.1. The number of likely N-dealkylation sites (tertiary alicyclic amines) is 1. The number of benzene rings is 2. The zero-order valence-electron chi connectivity index (χ0n) is 16.7. The lowest BCUT2D eigenvalue weighted by atomic mass is 10.1. The molecule has 3 aromatic rings. The Morgan fingerprint density at radius 2 is 1.97 bits per heavy atom. The third-order valence-electron chi connectivity index (χ3n) is 5.08. The van der Waals surface area contributed by atoms with Gasteiger partial charge in [0.15, 0.2) is 0 Å². The Bertz CT molecular complexity index is 1080. The van der Waals surface area contributed by atoms with Crippen LogP contribution in [0.4, 0.5) is 4.39 Å². The molecule has 0 atom stereocenters. The summed E-state index contributed by atoms with van der Waals surface area (Å²) in [6.45, 7) is 3.60. The summed E-state index contributed by atoms with van der Waals surface area (Å²) in [6.07, 6.45) is 1.55.